The van der Waals surface area contributed by atoms with Crippen LogP contribution in [0.25, 0.3) is 22.0 Å². The number of nitrogens with one attached hydrogen (secondary N) is 1. The number of aromatic nitrogens is 2. The Morgan fingerprint density at radius 1 is 0.963 bits per heavy atom. The maximum absolute atomic E-state index is 12.6. The summed E-state index contributed by atoms with van der Waals surface area (Å²) in [6.07, 6.45) is 0.251. The molecule has 0 spiro atoms. The van der Waals surface area contributed by atoms with E-state index in [1.54, 1.807) is 0 Å². The maximum Gasteiger partial charge on any atom is 0.230 e. The Kier molecular flexibility index (Phi) is 4.42. The van der Waals surface area contributed by atoms with Gasteiger partial charge in [0.1, 0.15) is 0 Å². The molecule has 5 nitrogen and oxygen atoms in total. The van der Waals surface area contributed by atoms with Crippen LogP contribution in [0.5, 0.6) is 0 Å². The Bertz CT molecular complexity index is 1130. The third-order valence-electron chi connectivity index (χ3n) is 4.76. The van der Waals surface area contributed by atoms with Crippen molar-refractivity contribution in [2.24, 2.45) is 0 Å². The molecule has 0 radical (unpaired) electrons. The molecule has 27 heavy (non-hydrogen) atoms. The number of benzene rings is 3. The first-order valence-corrected chi connectivity index (χ1v) is 8.78. The van der Waals surface area contributed by atoms with Gasteiger partial charge in [-0.05, 0) is 57.7 Å². The fourth-order valence-corrected chi connectivity index (χ4v) is 3.14. The van der Waals surface area contributed by atoms with Crippen molar-refractivity contribution in [3.63, 3.8) is 0 Å². The summed E-state index contributed by atoms with van der Waals surface area (Å²) < 4.78 is 4.88. The fourth-order valence-electron chi connectivity index (χ4n) is 3.14. The van der Waals surface area contributed by atoms with Crippen LogP contribution in [-0.4, -0.2) is 16.2 Å². The van der Waals surface area contributed by atoms with Gasteiger partial charge in [0.25, 0.3) is 0 Å². The summed E-state index contributed by atoms with van der Waals surface area (Å²) in [5.74, 6) is 0.177. The zero-order valence-electron chi connectivity index (χ0n) is 15.2. The van der Waals surface area contributed by atoms with E-state index in [2.05, 4.69) is 15.6 Å². The van der Waals surface area contributed by atoms with Crippen LogP contribution >= 0.6 is 0 Å². The van der Waals surface area contributed by atoms with Gasteiger partial charge >= 0.3 is 0 Å². The van der Waals surface area contributed by atoms with Crippen molar-refractivity contribution in [1.29, 1.82) is 0 Å². The highest BCUT2D eigenvalue weighted by atomic mass is 16.6. The lowest BCUT2D eigenvalue weighted by Gasteiger charge is -2.07. The van der Waals surface area contributed by atoms with Gasteiger partial charge in [0, 0.05) is 5.56 Å². The number of anilines is 1. The summed E-state index contributed by atoms with van der Waals surface area (Å²) in [7, 11) is 0. The standard InChI is InChI=1S/C22H19N3O2/c1-14-10-11-18(12-15(14)2)21-22(25-27-24-21)23-20(26)13-17-8-5-7-16-6-3-4-9-19(16)17/h3-12H,13H2,1-2H3,(H,23,25,26). The van der Waals surface area contributed by atoms with E-state index in [0.717, 1.165) is 27.5 Å². The molecule has 4 aromatic rings. The Morgan fingerprint density at radius 3 is 2.63 bits per heavy atom. The normalized spacial score (nSPS) is 10.9. The summed E-state index contributed by atoms with van der Waals surface area (Å²) in [4.78, 5) is 12.6. The minimum atomic E-state index is -0.160. The van der Waals surface area contributed by atoms with E-state index in [0.29, 0.717) is 11.5 Å². The largest absolute Gasteiger partial charge is 0.306 e. The smallest absolute Gasteiger partial charge is 0.230 e. The van der Waals surface area contributed by atoms with Crippen molar-refractivity contribution in [3.8, 4) is 11.3 Å². The second-order valence-electron chi connectivity index (χ2n) is 6.62. The molecule has 0 unspecified atom stereocenters. The van der Waals surface area contributed by atoms with Gasteiger partial charge in [-0.15, -0.1) is 0 Å². The lowest BCUT2D eigenvalue weighted by molar-refractivity contribution is -0.115. The van der Waals surface area contributed by atoms with Crippen LogP contribution in [0, 0.1) is 13.8 Å². The fraction of sp³-hybridized carbons (Fsp3) is 0.136. The van der Waals surface area contributed by atoms with Crippen LogP contribution in [0.3, 0.4) is 0 Å². The van der Waals surface area contributed by atoms with Gasteiger partial charge in [-0.25, -0.2) is 4.63 Å². The highest BCUT2D eigenvalue weighted by Gasteiger charge is 2.16. The van der Waals surface area contributed by atoms with Crippen LogP contribution in [0.1, 0.15) is 16.7 Å². The van der Waals surface area contributed by atoms with E-state index in [-0.39, 0.29) is 12.3 Å². The molecule has 0 saturated carbocycles. The van der Waals surface area contributed by atoms with Crippen molar-refractivity contribution < 1.29 is 9.42 Å². The summed E-state index contributed by atoms with van der Waals surface area (Å²) in [5, 5.41) is 12.9. The molecule has 0 saturated heterocycles. The monoisotopic (exact) mass is 357 g/mol. The molecule has 4 rings (SSSR count). The van der Waals surface area contributed by atoms with Crippen LogP contribution in [0.15, 0.2) is 65.3 Å². The Morgan fingerprint density at radius 2 is 1.78 bits per heavy atom. The Balaban J connectivity index is 1.57. The lowest BCUT2D eigenvalue weighted by atomic mass is 10.0. The summed E-state index contributed by atoms with van der Waals surface area (Å²) in [6.45, 7) is 4.08. The molecule has 1 heterocycles. The van der Waals surface area contributed by atoms with E-state index >= 15 is 0 Å². The summed E-state index contributed by atoms with van der Waals surface area (Å²) in [6, 6.07) is 20.0. The van der Waals surface area contributed by atoms with Gasteiger partial charge in [0.2, 0.25) is 11.7 Å². The second-order valence-corrected chi connectivity index (χ2v) is 6.62. The molecule has 0 aliphatic rings. The van der Waals surface area contributed by atoms with E-state index in [9.17, 15) is 4.79 Å². The van der Waals surface area contributed by atoms with Crippen molar-refractivity contribution in [1.82, 2.24) is 10.3 Å². The number of amides is 1. The molecule has 0 atom stereocenters. The Labute approximate surface area is 157 Å². The quantitative estimate of drug-likeness (QED) is 0.575. The molecule has 1 amide bonds. The van der Waals surface area contributed by atoms with Gasteiger partial charge in [-0.1, -0.05) is 54.6 Å². The third-order valence-corrected chi connectivity index (χ3v) is 4.76. The lowest BCUT2D eigenvalue weighted by Crippen LogP contribution is -2.15. The maximum atomic E-state index is 12.6. The van der Waals surface area contributed by atoms with Gasteiger partial charge in [0.15, 0.2) is 5.69 Å². The Hall–Kier alpha value is -3.47. The number of carbonyl (C=O) groups excluding carboxylic acids is 1. The highest BCUT2D eigenvalue weighted by Crippen LogP contribution is 2.26. The molecule has 5 heteroatoms. The molecular weight excluding hydrogens is 338 g/mol. The van der Waals surface area contributed by atoms with E-state index in [1.165, 1.54) is 5.56 Å². The van der Waals surface area contributed by atoms with Crippen LogP contribution < -0.4 is 5.32 Å². The highest BCUT2D eigenvalue weighted by molar-refractivity contribution is 5.97. The minimum Gasteiger partial charge on any atom is -0.306 e. The summed E-state index contributed by atoms with van der Waals surface area (Å²) >= 11 is 0. The number of fused-ring (bicyclic) bond motifs is 1. The first kappa shape index (κ1) is 17.0. The average molecular weight is 357 g/mol. The topological polar surface area (TPSA) is 68.0 Å². The zero-order valence-corrected chi connectivity index (χ0v) is 15.2. The molecule has 0 bridgehead atoms. The number of aryl methyl sites for hydroxylation is 2. The third kappa shape index (κ3) is 3.44. The molecule has 1 N–H and O–H groups in total. The molecule has 134 valence electrons. The number of carbonyl (C=O) groups is 1. The van der Waals surface area contributed by atoms with Crippen molar-refractivity contribution in [2.75, 3.05) is 5.32 Å². The molecule has 0 fully saturated rings. The molecule has 3 aromatic carbocycles. The number of hydrogen-bond acceptors (Lipinski definition) is 4. The van der Waals surface area contributed by atoms with E-state index < -0.39 is 0 Å². The first-order chi connectivity index (χ1) is 13.1. The van der Waals surface area contributed by atoms with Crippen LogP contribution in [0.2, 0.25) is 0 Å². The number of hydrogen-bond donors (Lipinski definition) is 1. The zero-order chi connectivity index (χ0) is 18.8. The minimum absolute atomic E-state index is 0.160. The van der Waals surface area contributed by atoms with Crippen LogP contribution in [-0.2, 0) is 11.2 Å². The molecule has 0 aliphatic heterocycles. The molecule has 1 aromatic heterocycles. The number of nitrogens with zero attached hydrogens (tertiary/aromatic N) is 2. The van der Waals surface area contributed by atoms with E-state index in [4.69, 9.17) is 4.63 Å². The van der Waals surface area contributed by atoms with Crippen molar-refractivity contribution in [3.05, 3.63) is 77.4 Å². The first-order valence-electron chi connectivity index (χ1n) is 8.78. The number of rotatable bonds is 4. The predicted octanol–water partition coefficient (Wildman–Crippen LogP) is 4.69. The van der Waals surface area contributed by atoms with Gasteiger partial charge in [0.05, 0.1) is 6.42 Å². The van der Waals surface area contributed by atoms with Crippen molar-refractivity contribution in [2.45, 2.75) is 20.3 Å². The van der Waals surface area contributed by atoms with E-state index in [1.807, 2.05) is 74.5 Å². The van der Waals surface area contributed by atoms with Gasteiger partial charge < -0.3 is 5.32 Å². The molecule has 0 aliphatic carbocycles. The SMILES string of the molecule is Cc1ccc(-c2nonc2NC(=O)Cc2cccc3ccccc23)cc1C. The van der Waals surface area contributed by atoms with Gasteiger partial charge in [-0.3, -0.25) is 4.79 Å². The second kappa shape index (κ2) is 7.03. The predicted molar refractivity (Wildman–Crippen MR) is 105 cm³/mol. The average Bonchev–Trinajstić information content (AvgIpc) is 3.12. The molecular formula is C22H19N3O2. The van der Waals surface area contributed by atoms with Crippen LogP contribution in [0.4, 0.5) is 5.82 Å². The van der Waals surface area contributed by atoms with Gasteiger partial charge in [-0.2, -0.15) is 0 Å². The van der Waals surface area contributed by atoms with Crippen molar-refractivity contribution >= 4 is 22.5 Å². The summed E-state index contributed by atoms with van der Waals surface area (Å²) in [5.41, 5.74) is 4.69.